The number of rotatable bonds is 2. The van der Waals surface area contributed by atoms with Crippen LogP contribution in [-0.4, -0.2) is 17.6 Å². The van der Waals surface area contributed by atoms with E-state index in [1.54, 1.807) is 45.0 Å². The average molecular weight is 250 g/mol. The highest BCUT2D eigenvalue weighted by atomic mass is 16.6. The first-order chi connectivity index (χ1) is 8.31. The number of ether oxygens (including phenoxy) is 1. The van der Waals surface area contributed by atoms with Gasteiger partial charge < -0.3 is 10.5 Å². The number of imide groups is 1. The molecule has 98 valence electrons. The molecule has 0 spiro atoms. The third-order valence-corrected chi connectivity index (χ3v) is 2.07. The molecule has 1 aromatic rings. The van der Waals surface area contributed by atoms with Crippen LogP contribution in [0.5, 0.6) is 0 Å². The molecule has 0 aliphatic rings. The molecule has 0 fully saturated rings. The van der Waals surface area contributed by atoms with E-state index in [0.717, 1.165) is 5.56 Å². The predicted octanol–water partition coefficient (Wildman–Crippen LogP) is 1.81. The van der Waals surface area contributed by atoms with E-state index in [-0.39, 0.29) is 0 Å². The molecule has 0 saturated carbocycles. The number of carbonyl (C=O) groups is 2. The second-order valence-corrected chi connectivity index (χ2v) is 4.86. The zero-order chi connectivity index (χ0) is 13.8. The standard InChI is InChI=1S/C13H18N2O3/c1-13(2,3)18-12(17)15-11(16)10-6-4-9(8-14)5-7-10/h4-7H,8,14H2,1-3H3,(H,15,16,17). The third-order valence-electron chi connectivity index (χ3n) is 2.07. The number of carbonyl (C=O) groups excluding carboxylic acids is 2. The average Bonchev–Trinajstić information content (AvgIpc) is 2.26. The van der Waals surface area contributed by atoms with Crippen molar-refractivity contribution in [2.75, 3.05) is 0 Å². The summed E-state index contributed by atoms with van der Waals surface area (Å²) in [6.45, 7) is 5.60. The molecule has 0 aliphatic heterocycles. The van der Waals surface area contributed by atoms with Gasteiger partial charge >= 0.3 is 6.09 Å². The Labute approximate surface area is 106 Å². The number of hydrogen-bond donors (Lipinski definition) is 2. The Balaban J connectivity index is 2.62. The Morgan fingerprint density at radius 3 is 2.22 bits per heavy atom. The van der Waals surface area contributed by atoms with Gasteiger partial charge in [-0.3, -0.25) is 10.1 Å². The number of amides is 2. The smallest absolute Gasteiger partial charge is 0.414 e. The van der Waals surface area contributed by atoms with E-state index in [2.05, 4.69) is 5.32 Å². The van der Waals surface area contributed by atoms with Crippen LogP contribution in [-0.2, 0) is 11.3 Å². The third kappa shape index (κ3) is 4.55. The summed E-state index contributed by atoms with van der Waals surface area (Å²) in [5.74, 6) is -0.493. The molecule has 0 bridgehead atoms. The molecule has 3 N–H and O–H groups in total. The molecule has 0 aromatic heterocycles. The molecule has 1 aromatic carbocycles. The van der Waals surface area contributed by atoms with Gasteiger partial charge in [-0.05, 0) is 38.5 Å². The van der Waals surface area contributed by atoms with Crippen molar-refractivity contribution >= 4 is 12.0 Å². The molecule has 0 radical (unpaired) electrons. The van der Waals surface area contributed by atoms with E-state index < -0.39 is 17.6 Å². The number of alkyl carbamates (subject to hydrolysis) is 1. The highest BCUT2D eigenvalue weighted by molar-refractivity contribution is 6.02. The molecular weight excluding hydrogens is 232 g/mol. The molecule has 1 rings (SSSR count). The van der Waals surface area contributed by atoms with Gasteiger partial charge in [-0.1, -0.05) is 12.1 Å². The SMILES string of the molecule is CC(C)(C)OC(=O)NC(=O)c1ccc(CN)cc1. The normalized spacial score (nSPS) is 10.9. The van der Waals surface area contributed by atoms with Crippen LogP contribution in [0, 0.1) is 0 Å². The van der Waals surface area contributed by atoms with Crippen LogP contribution in [0.2, 0.25) is 0 Å². The molecule has 2 amide bonds. The second-order valence-electron chi connectivity index (χ2n) is 4.86. The fourth-order valence-electron chi connectivity index (χ4n) is 1.26. The summed E-state index contributed by atoms with van der Waals surface area (Å²) in [5, 5.41) is 2.16. The van der Waals surface area contributed by atoms with Crippen molar-refractivity contribution in [2.24, 2.45) is 5.73 Å². The van der Waals surface area contributed by atoms with Crippen LogP contribution in [0.1, 0.15) is 36.7 Å². The van der Waals surface area contributed by atoms with Gasteiger partial charge in [0.2, 0.25) is 0 Å². The van der Waals surface area contributed by atoms with Crippen molar-refractivity contribution in [3.05, 3.63) is 35.4 Å². The summed E-state index contributed by atoms with van der Waals surface area (Å²) in [5.41, 5.74) is 6.13. The summed E-state index contributed by atoms with van der Waals surface area (Å²) >= 11 is 0. The van der Waals surface area contributed by atoms with E-state index in [1.807, 2.05) is 0 Å². The lowest BCUT2D eigenvalue weighted by Crippen LogP contribution is -2.36. The Kier molecular flexibility index (Phi) is 4.44. The van der Waals surface area contributed by atoms with E-state index >= 15 is 0 Å². The summed E-state index contributed by atoms with van der Waals surface area (Å²) < 4.78 is 4.98. The van der Waals surface area contributed by atoms with Crippen LogP contribution in [0.15, 0.2) is 24.3 Å². The highest BCUT2D eigenvalue weighted by Crippen LogP contribution is 2.07. The number of nitrogens with one attached hydrogen (secondary N) is 1. The van der Waals surface area contributed by atoms with Gasteiger partial charge in [0.15, 0.2) is 0 Å². The van der Waals surface area contributed by atoms with Gasteiger partial charge in [0.25, 0.3) is 5.91 Å². The zero-order valence-electron chi connectivity index (χ0n) is 10.8. The van der Waals surface area contributed by atoms with Gasteiger partial charge in [-0.25, -0.2) is 4.79 Å². The highest BCUT2D eigenvalue weighted by Gasteiger charge is 2.18. The van der Waals surface area contributed by atoms with Crippen LogP contribution in [0.25, 0.3) is 0 Å². The van der Waals surface area contributed by atoms with E-state index in [1.165, 1.54) is 0 Å². The van der Waals surface area contributed by atoms with E-state index in [0.29, 0.717) is 12.1 Å². The van der Waals surface area contributed by atoms with Crippen molar-refractivity contribution in [1.82, 2.24) is 5.32 Å². The minimum Gasteiger partial charge on any atom is -0.444 e. The van der Waals surface area contributed by atoms with Crippen molar-refractivity contribution in [1.29, 1.82) is 0 Å². The molecule has 5 heteroatoms. The summed E-state index contributed by atoms with van der Waals surface area (Å²) in [4.78, 5) is 23.1. The second kappa shape index (κ2) is 5.64. The van der Waals surface area contributed by atoms with Gasteiger partial charge in [-0.2, -0.15) is 0 Å². The van der Waals surface area contributed by atoms with Gasteiger partial charge in [0.1, 0.15) is 5.60 Å². The van der Waals surface area contributed by atoms with Crippen molar-refractivity contribution in [2.45, 2.75) is 32.9 Å². The lowest BCUT2D eigenvalue weighted by Gasteiger charge is -2.19. The quantitative estimate of drug-likeness (QED) is 0.838. The molecule has 0 aliphatic carbocycles. The predicted molar refractivity (Wildman–Crippen MR) is 68.0 cm³/mol. The van der Waals surface area contributed by atoms with Crippen LogP contribution in [0.4, 0.5) is 4.79 Å². The molecule has 18 heavy (non-hydrogen) atoms. The molecule has 0 heterocycles. The minimum atomic E-state index is -0.754. The maximum absolute atomic E-state index is 11.7. The first-order valence-electron chi connectivity index (χ1n) is 5.65. The Hall–Kier alpha value is -1.88. The van der Waals surface area contributed by atoms with E-state index in [9.17, 15) is 9.59 Å². The monoisotopic (exact) mass is 250 g/mol. The number of benzene rings is 1. The molecular formula is C13H18N2O3. The summed E-state index contributed by atoms with van der Waals surface area (Å²) in [6, 6.07) is 6.71. The maximum atomic E-state index is 11.7. The lowest BCUT2D eigenvalue weighted by molar-refractivity contribution is 0.0508. The van der Waals surface area contributed by atoms with Crippen molar-refractivity contribution < 1.29 is 14.3 Å². The van der Waals surface area contributed by atoms with Gasteiger partial charge in [-0.15, -0.1) is 0 Å². The molecule has 5 nitrogen and oxygen atoms in total. The Morgan fingerprint density at radius 1 is 1.22 bits per heavy atom. The first kappa shape index (κ1) is 14.2. The lowest BCUT2D eigenvalue weighted by atomic mass is 10.1. The largest absolute Gasteiger partial charge is 0.444 e. The summed E-state index contributed by atoms with van der Waals surface area (Å²) in [7, 11) is 0. The van der Waals surface area contributed by atoms with Crippen LogP contribution < -0.4 is 11.1 Å². The minimum absolute atomic E-state index is 0.387. The van der Waals surface area contributed by atoms with E-state index in [4.69, 9.17) is 10.5 Å². The van der Waals surface area contributed by atoms with Crippen molar-refractivity contribution in [3.8, 4) is 0 Å². The van der Waals surface area contributed by atoms with Crippen molar-refractivity contribution in [3.63, 3.8) is 0 Å². The Bertz CT molecular complexity index is 433. The van der Waals surface area contributed by atoms with Crippen LogP contribution >= 0.6 is 0 Å². The maximum Gasteiger partial charge on any atom is 0.414 e. The Morgan fingerprint density at radius 2 is 1.78 bits per heavy atom. The zero-order valence-corrected chi connectivity index (χ0v) is 10.8. The van der Waals surface area contributed by atoms with Gasteiger partial charge in [0.05, 0.1) is 0 Å². The molecule has 0 atom stereocenters. The summed E-state index contributed by atoms with van der Waals surface area (Å²) in [6.07, 6.45) is -0.754. The molecule has 0 saturated heterocycles. The number of hydrogen-bond acceptors (Lipinski definition) is 4. The fraction of sp³-hybridized carbons (Fsp3) is 0.385. The first-order valence-corrected chi connectivity index (χ1v) is 5.65. The van der Waals surface area contributed by atoms with Crippen LogP contribution in [0.3, 0.4) is 0 Å². The topological polar surface area (TPSA) is 81.4 Å². The fourth-order valence-corrected chi connectivity index (χ4v) is 1.26. The molecule has 0 unspecified atom stereocenters. The number of nitrogens with two attached hydrogens (primary N) is 1. The van der Waals surface area contributed by atoms with Gasteiger partial charge in [0, 0.05) is 12.1 Å².